The summed E-state index contributed by atoms with van der Waals surface area (Å²) in [6.07, 6.45) is 6.35. The number of imidazole rings is 1. The number of rotatable bonds is 13. The number of hydrogen-bond acceptors (Lipinski definition) is 7. The van der Waals surface area contributed by atoms with Crippen molar-refractivity contribution >= 4 is 28.5 Å². The van der Waals surface area contributed by atoms with Crippen LogP contribution in [0.2, 0.25) is 0 Å². The highest BCUT2D eigenvalue weighted by molar-refractivity contribution is 5.98. The molecule has 2 heterocycles. The second-order valence-corrected chi connectivity index (χ2v) is 12.1. The van der Waals surface area contributed by atoms with E-state index in [4.69, 9.17) is 10.5 Å². The zero-order valence-corrected chi connectivity index (χ0v) is 26.0. The van der Waals surface area contributed by atoms with Crippen molar-refractivity contribution in [2.24, 2.45) is 17.6 Å². The zero-order chi connectivity index (χ0) is 31.8. The van der Waals surface area contributed by atoms with Gasteiger partial charge in [0.05, 0.1) is 17.6 Å². The van der Waals surface area contributed by atoms with E-state index in [1.165, 1.54) is 0 Å². The van der Waals surface area contributed by atoms with Gasteiger partial charge < -0.3 is 36.0 Å². The van der Waals surface area contributed by atoms with E-state index in [2.05, 4.69) is 30.5 Å². The summed E-state index contributed by atoms with van der Waals surface area (Å²) < 4.78 is 5.78. The second kappa shape index (κ2) is 15.0. The fourth-order valence-electron chi connectivity index (χ4n) is 5.81. The Balaban J connectivity index is 1.30. The first-order valence-electron chi connectivity index (χ1n) is 15.6. The maximum Gasteiger partial charge on any atom is 0.323 e. The van der Waals surface area contributed by atoms with Crippen LogP contribution in [0.5, 0.6) is 5.88 Å². The minimum Gasteiger partial charge on any atom is -0.478 e. The van der Waals surface area contributed by atoms with Crippen LogP contribution in [-0.4, -0.2) is 71.5 Å². The molecule has 2 aromatic carbocycles. The predicted octanol–water partition coefficient (Wildman–Crippen LogP) is 3.68. The highest BCUT2D eigenvalue weighted by Crippen LogP contribution is 2.29. The smallest absolute Gasteiger partial charge is 0.323 e. The quantitative estimate of drug-likeness (QED) is 0.144. The number of amides is 2. The largest absolute Gasteiger partial charge is 0.478 e. The second-order valence-electron chi connectivity index (χ2n) is 12.1. The number of aromatic amines is 2. The molecule has 1 saturated carbocycles. The van der Waals surface area contributed by atoms with E-state index in [1.807, 2.05) is 50.5 Å². The minimum atomic E-state index is -0.808. The molecule has 5 rings (SSSR count). The molecule has 0 bridgehead atoms. The molecule has 0 aliphatic heterocycles. The van der Waals surface area contributed by atoms with Crippen LogP contribution in [-0.2, 0) is 16.0 Å². The summed E-state index contributed by atoms with van der Waals surface area (Å²) in [6.45, 7) is 2.18. The van der Waals surface area contributed by atoms with Crippen LogP contribution in [0.4, 0.5) is 5.69 Å². The number of fused-ring (bicyclic) bond motifs is 1. The van der Waals surface area contributed by atoms with Crippen LogP contribution in [0.25, 0.3) is 22.2 Å². The molecule has 45 heavy (non-hydrogen) atoms. The van der Waals surface area contributed by atoms with Crippen molar-refractivity contribution in [1.82, 2.24) is 25.2 Å². The number of anilines is 1. The van der Waals surface area contributed by atoms with Crippen molar-refractivity contribution < 1.29 is 14.3 Å². The molecule has 1 unspecified atom stereocenters. The van der Waals surface area contributed by atoms with Gasteiger partial charge in [-0.25, -0.2) is 9.78 Å². The fraction of sp³-hybridized carbons (Fsp3) is 0.412. The lowest BCUT2D eigenvalue weighted by Crippen LogP contribution is -2.48. The molecule has 0 saturated heterocycles. The molecule has 2 amide bonds. The molecule has 4 aromatic rings. The molecule has 1 atom stereocenters. The van der Waals surface area contributed by atoms with Gasteiger partial charge in [0.25, 0.3) is 0 Å². The molecule has 2 aromatic heterocycles. The number of pyridine rings is 1. The van der Waals surface area contributed by atoms with E-state index in [1.54, 1.807) is 24.4 Å². The van der Waals surface area contributed by atoms with Crippen molar-refractivity contribution in [2.45, 2.75) is 44.6 Å². The zero-order valence-electron chi connectivity index (χ0n) is 26.0. The Morgan fingerprint density at radius 3 is 2.56 bits per heavy atom. The van der Waals surface area contributed by atoms with Crippen molar-refractivity contribution in [1.29, 1.82) is 0 Å². The number of hydrogen-bond donors (Lipinski definition) is 5. The number of nitrogens with two attached hydrogens (primary N) is 1. The molecule has 1 aliphatic carbocycles. The van der Waals surface area contributed by atoms with Gasteiger partial charge in [0, 0.05) is 42.4 Å². The number of nitrogens with one attached hydrogen (secondary N) is 4. The standard InChI is InChI=1S/C34H43N7O4/c1-41(2)15-4-16-45-31-14-11-26(21-36-31)25-6-3-5-23(17-25)18-30(38-32(42)24-9-7-22(20-35)8-10-24)33(43)37-27-12-13-28-29(19-27)40-34(44)39-28/h3,5-6,11-14,17,19,21-22,24,30H,4,7-10,15-16,18,20,35H2,1-2H3,(H,37,43)(H,38,42)(H2,39,40,44). The van der Waals surface area contributed by atoms with Gasteiger partial charge in [-0.1, -0.05) is 24.3 Å². The van der Waals surface area contributed by atoms with Gasteiger partial charge in [0.2, 0.25) is 17.7 Å². The van der Waals surface area contributed by atoms with Crippen LogP contribution in [0, 0.1) is 11.8 Å². The van der Waals surface area contributed by atoms with Gasteiger partial charge in [-0.15, -0.1) is 0 Å². The fourth-order valence-corrected chi connectivity index (χ4v) is 5.81. The predicted molar refractivity (Wildman–Crippen MR) is 176 cm³/mol. The normalized spacial score (nSPS) is 17.2. The molecule has 1 aliphatic rings. The summed E-state index contributed by atoms with van der Waals surface area (Å²) in [7, 11) is 4.07. The maximum absolute atomic E-state index is 13.7. The topological polar surface area (TPSA) is 158 Å². The van der Waals surface area contributed by atoms with Gasteiger partial charge >= 0.3 is 5.69 Å². The maximum atomic E-state index is 13.7. The molecule has 1 fully saturated rings. The molecule has 0 radical (unpaired) electrons. The highest BCUT2D eigenvalue weighted by Gasteiger charge is 2.29. The average Bonchev–Trinajstić information content (AvgIpc) is 3.42. The monoisotopic (exact) mass is 613 g/mol. The number of carbonyl (C=O) groups is 2. The van der Waals surface area contributed by atoms with Crippen LogP contribution in [0.1, 0.15) is 37.7 Å². The van der Waals surface area contributed by atoms with E-state index >= 15 is 0 Å². The SMILES string of the molecule is CN(C)CCCOc1ccc(-c2cccc(CC(NC(=O)C3CCC(CN)CC3)C(=O)Nc3ccc4[nH]c(=O)[nH]c4c3)c2)cn1. The summed E-state index contributed by atoms with van der Waals surface area (Å²) in [6, 6.07) is 16.1. The summed E-state index contributed by atoms with van der Waals surface area (Å²) in [5.41, 5.74) is 10.1. The van der Waals surface area contributed by atoms with Gasteiger partial charge in [0.15, 0.2) is 0 Å². The lowest BCUT2D eigenvalue weighted by Gasteiger charge is -2.28. The first-order valence-corrected chi connectivity index (χ1v) is 15.6. The average molecular weight is 614 g/mol. The van der Waals surface area contributed by atoms with Crippen molar-refractivity contribution in [3.05, 3.63) is 76.8 Å². The highest BCUT2D eigenvalue weighted by atomic mass is 16.5. The van der Waals surface area contributed by atoms with Crippen molar-refractivity contribution in [3.8, 4) is 17.0 Å². The molecular formula is C34H43N7O4. The number of H-pyrrole nitrogens is 2. The van der Waals surface area contributed by atoms with Crippen molar-refractivity contribution in [2.75, 3.05) is 39.1 Å². The Labute approximate surface area is 263 Å². The van der Waals surface area contributed by atoms with E-state index in [9.17, 15) is 14.4 Å². The molecular weight excluding hydrogens is 570 g/mol. The lowest BCUT2D eigenvalue weighted by atomic mass is 9.81. The number of aromatic nitrogens is 3. The first-order chi connectivity index (χ1) is 21.8. The summed E-state index contributed by atoms with van der Waals surface area (Å²) in [5, 5.41) is 5.98. The Hall–Kier alpha value is -4.48. The van der Waals surface area contributed by atoms with Crippen LogP contribution in [0.15, 0.2) is 65.6 Å². The first kappa shape index (κ1) is 31.9. The molecule has 238 valence electrons. The third-order valence-electron chi connectivity index (χ3n) is 8.40. The van der Waals surface area contributed by atoms with Crippen LogP contribution in [0.3, 0.4) is 0 Å². The van der Waals surface area contributed by atoms with E-state index in [-0.39, 0.29) is 23.4 Å². The van der Waals surface area contributed by atoms with Gasteiger partial charge in [-0.05, 0) is 94.1 Å². The number of benzene rings is 2. The van der Waals surface area contributed by atoms with Crippen LogP contribution < -0.4 is 26.8 Å². The summed E-state index contributed by atoms with van der Waals surface area (Å²) in [4.78, 5) is 50.8. The van der Waals surface area contributed by atoms with E-state index < -0.39 is 6.04 Å². The Kier molecular flexibility index (Phi) is 10.6. The molecule has 11 nitrogen and oxygen atoms in total. The third kappa shape index (κ3) is 8.80. The lowest BCUT2D eigenvalue weighted by molar-refractivity contribution is -0.130. The Morgan fingerprint density at radius 1 is 1.02 bits per heavy atom. The number of carbonyl (C=O) groups excluding carboxylic acids is 2. The Morgan fingerprint density at radius 2 is 1.82 bits per heavy atom. The molecule has 11 heteroatoms. The molecule has 0 spiro atoms. The Bertz CT molecular complexity index is 1640. The van der Waals surface area contributed by atoms with Crippen molar-refractivity contribution in [3.63, 3.8) is 0 Å². The van der Waals surface area contributed by atoms with E-state index in [0.29, 0.717) is 48.1 Å². The van der Waals surface area contributed by atoms with Gasteiger partial charge in [0.1, 0.15) is 6.04 Å². The van der Waals surface area contributed by atoms with E-state index in [0.717, 1.165) is 55.3 Å². The summed E-state index contributed by atoms with van der Waals surface area (Å²) >= 11 is 0. The van der Waals surface area contributed by atoms with Crippen LogP contribution >= 0.6 is 0 Å². The minimum absolute atomic E-state index is 0.113. The summed E-state index contributed by atoms with van der Waals surface area (Å²) in [5.74, 6) is 0.432. The third-order valence-corrected chi connectivity index (χ3v) is 8.40. The molecule has 6 N–H and O–H groups in total. The van der Waals surface area contributed by atoms with Gasteiger partial charge in [-0.3, -0.25) is 9.59 Å². The number of nitrogens with zero attached hydrogens (tertiary/aromatic N) is 2. The number of ether oxygens (including phenoxy) is 1. The van der Waals surface area contributed by atoms with Gasteiger partial charge in [-0.2, -0.15) is 0 Å².